The van der Waals surface area contributed by atoms with Gasteiger partial charge in [-0.05, 0) is 23.8 Å². The molecule has 0 bridgehead atoms. The lowest BCUT2D eigenvalue weighted by Gasteiger charge is -2.32. The minimum absolute atomic E-state index is 0.0692. The summed E-state index contributed by atoms with van der Waals surface area (Å²) in [6.45, 7) is 0. The van der Waals surface area contributed by atoms with E-state index in [1.165, 1.54) is 0 Å². The van der Waals surface area contributed by atoms with Gasteiger partial charge in [0.15, 0.2) is 11.4 Å². The number of hydrogen-bond donors (Lipinski definition) is 3. The number of allylic oxidation sites excluding steroid dienone is 1. The Bertz CT molecular complexity index is 1250. The van der Waals surface area contributed by atoms with Crippen molar-refractivity contribution in [2.75, 3.05) is 5.32 Å². The van der Waals surface area contributed by atoms with Crippen LogP contribution in [0, 0.1) is 5.92 Å². The highest BCUT2D eigenvalue weighted by Crippen LogP contribution is 2.40. The number of para-hydroxylation sites is 2. The predicted molar refractivity (Wildman–Crippen MR) is 115 cm³/mol. The lowest BCUT2D eigenvalue weighted by Crippen LogP contribution is -2.41. The zero-order valence-corrected chi connectivity index (χ0v) is 16.9. The van der Waals surface area contributed by atoms with Crippen molar-refractivity contribution in [3.63, 3.8) is 0 Å². The van der Waals surface area contributed by atoms with Crippen molar-refractivity contribution in [1.29, 1.82) is 0 Å². The third-order valence-corrected chi connectivity index (χ3v) is 5.72. The fourth-order valence-corrected chi connectivity index (χ4v) is 4.16. The molecule has 0 fully saturated rings. The lowest BCUT2D eigenvalue weighted by atomic mass is 9.81. The van der Waals surface area contributed by atoms with E-state index in [2.05, 4.69) is 20.6 Å². The minimum Gasteiger partial charge on any atom is -0.481 e. The third kappa shape index (κ3) is 3.55. The van der Waals surface area contributed by atoms with Crippen molar-refractivity contribution in [1.82, 2.24) is 10.3 Å². The standard InChI is InChI=1S/C22H17ClN4O4/c23-13-6-2-1-5-12(13)19-18-15(9-11(20(29)30)10-16(18)28)24-21(26-19)27-22-25-14-7-3-4-8-17(14)31-22/h1-8,11,19H,9-10H2,(H,29,30)(H2,24,25,26,27). The van der Waals surface area contributed by atoms with Gasteiger partial charge >= 0.3 is 12.0 Å². The maximum absolute atomic E-state index is 12.9. The van der Waals surface area contributed by atoms with Crippen molar-refractivity contribution >= 4 is 46.4 Å². The summed E-state index contributed by atoms with van der Waals surface area (Å²) >= 11 is 6.41. The number of ketones is 1. The summed E-state index contributed by atoms with van der Waals surface area (Å²) < 4.78 is 5.71. The number of carboxylic acid groups (broad SMARTS) is 1. The lowest BCUT2D eigenvalue weighted by molar-refractivity contribution is -0.143. The molecule has 0 spiro atoms. The van der Waals surface area contributed by atoms with E-state index in [1.807, 2.05) is 24.3 Å². The molecular weight excluding hydrogens is 420 g/mol. The first-order chi connectivity index (χ1) is 15.0. The molecule has 0 amide bonds. The molecule has 1 aliphatic heterocycles. The Kier molecular flexibility index (Phi) is 4.71. The zero-order chi connectivity index (χ0) is 21.5. The van der Waals surface area contributed by atoms with Gasteiger partial charge in [0.1, 0.15) is 11.6 Å². The molecule has 2 unspecified atom stereocenters. The largest absolute Gasteiger partial charge is 0.481 e. The molecule has 1 aromatic heterocycles. The van der Waals surface area contributed by atoms with Gasteiger partial charge < -0.3 is 14.8 Å². The number of aliphatic carboxylic acids is 1. The fraction of sp³-hybridized carbons (Fsp3) is 0.182. The average molecular weight is 437 g/mol. The molecule has 0 saturated carbocycles. The van der Waals surface area contributed by atoms with E-state index in [9.17, 15) is 14.7 Å². The number of halogens is 1. The Hall–Kier alpha value is -3.65. The second-order valence-electron chi connectivity index (χ2n) is 7.40. The SMILES string of the molecule is O=C1CC(C(=O)O)CC2=C1C(c1ccccc1Cl)N=C(Nc1nc3ccccc3o1)N2. The molecule has 2 aromatic carbocycles. The predicted octanol–water partition coefficient (Wildman–Crippen LogP) is 3.91. The number of aliphatic imine (C=N–C) groups is 1. The molecule has 0 radical (unpaired) electrons. The van der Waals surface area contributed by atoms with Gasteiger partial charge in [0.25, 0.3) is 0 Å². The Morgan fingerprint density at radius 1 is 1.16 bits per heavy atom. The molecule has 3 aromatic rings. The van der Waals surface area contributed by atoms with Gasteiger partial charge in [0, 0.05) is 29.1 Å². The second kappa shape index (κ2) is 7.55. The van der Waals surface area contributed by atoms with Crippen molar-refractivity contribution in [2.24, 2.45) is 10.9 Å². The number of nitrogens with one attached hydrogen (secondary N) is 2. The van der Waals surface area contributed by atoms with E-state index >= 15 is 0 Å². The molecule has 156 valence electrons. The summed E-state index contributed by atoms with van der Waals surface area (Å²) in [4.78, 5) is 33.5. The van der Waals surface area contributed by atoms with E-state index in [-0.39, 0.29) is 24.6 Å². The fourth-order valence-electron chi connectivity index (χ4n) is 3.92. The number of guanidine groups is 1. The Labute approximate surface area is 181 Å². The summed E-state index contributed by atoms with van der Waals surface area (Å²) in [5, 5.41) is 16.0. The number of Topliss-reactive ketones (excluding diaryl/α,β-unsaturated/α-hetero) is 1. The van der Waals surface area contributed by atoms with Gasteiger partial charge in [-0.2, -0.15) is 4.98 Å². The monoisotopic (exact) mass is 436 g/mol. The summed E-state index contributed by atoms with van der Waals surface area (Å²) in [6, 6.07) is 14.0. The quantitative estimate of drug-likeness (QED) is 0.569. The van der Waals surface area contributed by atoms with E-state index in [0.717, 1.165) is 0 Å². The number of carbonyl (C=O) groups excluding carboxylic acids is 1. The average Bonchev–Trinajstić information content (AvgIpc) is 3.15. The van der Waals surface area contributed by atoms with Crippen molar-refractivity contribution in [2.45, 2.75) is 18.9 Å². The van der Waals surface area contributed by atoms with E-state index in [4.69, 9.17) is 16.0 Å². The number of nitrogens with zero attached hydrogens (tertiary/aromatic N) is 2. The van der Waals surface area contributed by atoms with Crippen molar-refractivity contribution in [3.8, 4) is 0 Å². The number of benzene rings is 2. The van der Waals surface area contributed by atoms with Crippen LogP contribution in [0.15, 0.2) is 69.2 Å². The number of hydrogen-bond acceptors (Lipinski definition) is 7. The second-order valence-corrected chi connectivity index (χ2v) is 7.80. The van der Waals surface area contributed by atoms with E-state index < -0.39 is 17.9 Å². The maximum Gasteiger partial charge on any atom is 0.307 e. The van der Waals surface area contributed by atoms with Crippen LogP contribution >= 0.6 is 11.6 Å². The Morgan fingerprint density at radius 2 is 1.94 bits per heavy atom. The molecule has 2 atom stereocenters. The molecule has 3 N–H and O–H groups in total. The first-order valence-corrected chi connectivity index (χ1v) is 10.1. The van der Waals surface area contributed by atoms with Gasteiger partial charge in [0.2, 0.25) is 5.96 Å². The minimum atomic E-state index is -1.01. The van der Waals surface area contributed by atoms with Crippen molar-refractivity contribution < 1.29 is 19.1 Å². The molecular formula is C22H17ClN4O4. The zero-order valence-electron chi connectivity index (χ0n) is 16.1. The molecule has 0 saturated heterocycles. The van der Waals surface area contributed by atoms with Gasteiger partial charge in [-0.15, -0.1) is 0 Å². The molecule has 2 aliphatic rings. The molecule has 9 heteroatoms. The highest BCUT2D eigenvalue weighted by molar-refractivity contribution is 6.31. The van der Waals surface area contributed by atoms with Crippen LogP contribution in [0.2, 0.25) is 5.02 Å². The highest BCUT2D eigenvalue weighted by Gasteiger charge is 2.39. The van der Waals surface area contributed by atoms with Crippen LogP contribution in [0.25, 0.3) is 11.1 Å². The van der Waals surface area contributed by atoms with Crippen LogP contribution in [-0.4, -0.2) is 27.8 Å². The summed E-state index contributed by atoms with van der Waals surface area (Å²) in [5.74, 6) is -1.76. The Morgan fingerprint density at radius 3 is 2.71 bits per heavy atom. The number of aromatic nitrogens is 1. The highest BCUT2D eigenvalue weighted by atomic mass is 35.5. The number of fused-ring (bicyclic) bond motifs is 1. The van der Waals surface area contributed by atoms with Crippen molar-refractivity contribution in [3.05, 3.63) is 70.4 Å². The van der Waals surface area contributed by atoms with E-state index in [1.54, 1.807) is 24.3 Å². The number of carboxylic acids is 1. The normalized spacial score (nSPS) is 20.8. The number of oxazole rings is 1. The molecule has 31 heavy (non-hydrogen) atoms. The van der Waals surface area contributed by atoms with Crippen LogP contribution in [0.5, 0.6) is 0 Å². The molecule has 5 rings (SSSR count). The summed E-state index contributed by atoms with van der Waals surface area (Å²) in [6.07, 6.45) is 0.117. The van der Waals surface area contributed by atoms with Gasteiger partial charge in [-0.3, -0.25) is 14.9 Å². The maximum atomic E-state index is 12.9. The topological polar surface area (TPSA) is 117 Å². The molecule has 1 aliphatic carbocycles. The Balaban J connectivity index is 1.55. The van der Waals surface area contributed by atoms with Crippen LogP contribution < -0.4 is 10.6 Å². The third-order valence-electron chi connectivity index (χ3n) is 5.38. The van der Waals surface area contributed by atoms with Crippen LogP contribution in [-0.2, 0) is 9.59 Å². The molecule has 8 nitrogen and oxygen atoms in total. The van der Waals surface area contributed by atoms with Crippen LogP contribution in [0.4, 0.5) is 6.01 Å². The smallest absolute Gasteiger partial charge is 0.307 e. The number of rotatable bonds is 3. The van der Waals surface area contributed by atoms with Gasteiger partial charge in [-0.25, -0.2) is 4.99 Å². The summed E-state index contributed by atoms with van der Waals surface area (Å²) in [5.41, 5.74) is 2.92. The summed E-state index contributed by atoms with van der Waals surface area (Å²) in [7, 11) is 0. The first kappa shape index (κ1) is 19.3. The number of carbonyl (C=O) groups is 2. The van der Waals surface area contributed by atoms with Gasteiger partial charge in [-0.1, -0.05) is 41.9 Å². The van der Waals surface area contributed by atoms with E-state index in [0.29, 0.717) is 38.9 Å². The van der Waals surface area contributed by atoms with Gasteiger partial charge in [0.05, 0.1) is 5.92 Å². The molecule has 2 heterocycles. The van der Waals surface area contributed by atoms with Crippen LogP contribution in [0.1, 0.15) is 24.4 Å². The first-order valence-electron chi connectivity index (χ1n) is 9.70. The van der Waals surface area contributed by atoms with Crippen LogP contribution in [0.3, 0.4) is 0 Å². The number of anilines is 1.